The molecule has 0 atom stereocenters. The molecule has 0 aliphatic carbocycles. The van der Waals surface area contributed by atoms with E-state index >= 15 is 0 Å². The van der Waals surface area contributed by atoms with Gasteiger partial charge in [0.05, 0.1) is 5.69 Å². The van der Waals surface area contributed by atoms with Gasteiger partial charge >= 0.3 is 0 Å². The van der Waals surface area contributed by atoms with Crippen LogP contribution in [0, 0.1) is 13.8 Å². The average molecular weight is 179 g/mol. The fourth-order valence-electron chi connectivity index (χ4n) is 1.42. The Bertz CT molecular complexity index is 329. The van der Waals surface area contributed by atoms with Gasteiger partial charge in [-0.25, -0.2) is 4.98 Å². The fraction of sp³-hybridized carbons (Fsp3) is 0.500. The summed E-state index contributed by atoms with van der Waals surface area (Å²) in [6.45, 7) is 8.06. The molecule has 1 heterocycles. The molecule has 0 spiro atoms. The van der Waals surface area contributed by atoms with Gasteiger partial charge in [-0.1, -0.05) is 13.8 Å². The molecule has 1 aromatic rings. The molecule has 0 aliphatic heterocycles. The van der Waals surface area contributed by atoms with E-state index in [1.807, 2.05) is 13.8 Å². The molecule has 3 heteroatoms. The maximum atomic E-state index is 5.90. The molecule has 0 fully saturated rings. The summed E-state index contributed by atoms with van der Waals surface area (Å²) in [7, 11) is 0. The molecule has 72 valence electrons. The lowest BCUT2D eigenvalue weighted by Gasteiger charge is -2.14. The molecule has 0 aromatic carbocycles. The van der Waals surface area contributed by atoms with Crippen molar-refractivity contribution in [1.29, 1.82) is 0 Å². The standard InChI is InChI=1S/C10H17N3/c1-5(2)9-6(3)8(11)7(4)10(12)13-9/h5H,1-4H3,(H4,11,12,13). The van der Waals surface area contributed by atoms with Gasteiger partial charge in [0.25, 0.3) is 0 Å². The van der Waals surface area contributed by atoms with Crippen molar-refractivity contribution in [2.75, 3.05) is 11.5 Å². The third-order valence-corrected chi connectivity index (χ3v) is 2.36. The minimum absolute atomic E-state index is 0.366. The Kier molecular flexibility index (Phi) is 2.45. The van der Waals surface area contributed by atoms with E-state index in [0.717, 1.165) is 22.5 Å². The van der Waals surface area contributed by atoms with E-state index in [-0.39, 0.29) is 0 Å². The molecule has 0 saturated heterocycles. The number of anilines is 2. The lowest BCUT2D eigenvalue weighted by atomic mass is 10.0. The number of nitrogens with two attached hydrogens (primary N) is 2. The Balaban J connectivity index is 3.41. The molecular formula is C10H17N3. The zero-order valence-corrected chi connectivity index (χ0v) is 8.68. The van der Waals surface area contributed by atoms with E-state index in [4.69, 9.17) is 11.5 Å². The Morgan fingerprint density at radius 3 is 2.08 bits per heavy atom. The minimum Gasteiger partial charge on any atom is -0.398 e. The van der Waals surface area contributed by atoms with Gasteiger partial charge in [0.15, 0.2) is 0 Å². The first-order chi connectivity index (χ1) is 5.95. The number of nitrogen functional groups attached to an aromatic ring is 2. The summed E-state index contributed by atoms with van der Waals surface area (Å²) in [6, 6.07) is 0. The summed E-state index contributed by atoms with van der Waals surface area (Å²) in [5.41, 5.74) is 15.4. The SMILES string of the molecule is Cc1c(N)nc(C(C)C)c(C)c1N. The van der Waals surface area contributed by atoms with E-state index in [0.29, 0.717) is 11.7 Å². The Morgan fingerprint density at radius 2 is 1.62 bits per heavy atom. The third kappa shape index (κ3) is 1.59. The molecule has 0 aliphatic rings. The van der Waals surface area contributed by atoms with Gasteiger partial charge in [-0.3, -0.25) is 0 Å². The van der Waals surface area contributed by atoms with Crippen molar-refractivity contribution >= 4 is 11.5 Å². The van der Waals surface area contributed by atoms with Crippen LogP contribution in [-0.2, 0) is 0 Å². The first kappa shape index (κ1) is 9.84. The molecule has 0 unspecified atom stereocenters. The second-order valence-corrected chi connectivity index (χ2v) is 3.70. The summed E-state index contributed by atoms with van der Waals surface area (Å²) in [4.78, 5) is 4.33. The second-order valence-electron chi connectivity index (χ2n) is 3.70. The lowest BCUT2D eigenvalue weighted by molar-refractivity contribution is 0.813. The quantitative estimate of drug-likeness (QED) is 0.692. The van der Waals surface area contributed by atoms with Crippen LogP contribution < -0.4 is 11.5 Å². The van der Waals surface area contributed by atoms with Crippen LogP contribution in [-0.4, -0.2) is 4.98 Å². The minimum atomic E-state index is 0.366. The van der Waals surface area contributed by atoms with Crippen molar-refractivity contribution in [1.82, 2.24) is 4.98 Å². The zero-order chi connectivity index (χ0) is 10.2. The maximum Gasteiger partial charge on any atom is 0.128 e. The van der Waals surface area contributed by atoms with Crippen molar-refractivity contribution < 1.29 is 0 Å². The molecule has 13 heavy (non-hydrogen) atoms. The molecule has 4 N–H and O–H groups in total. The van der Waals surface area contributed by atoms with E-state index in [2.05, 4.69) is 18.8 Å². The van der Waals surface area contributed by atoms with Crippen LogP contribution in [0.3, 0.4) is 0 Å². The van der Waals surface area contributed by atoms with E-state index < -0.39 is 0 Å². The predicted molar refractivity (Wildman–Crippen MR) is 56.6 cm³/mol. The highest BCUT2D eigenvalue weighted by molar-refractivity contribution is 5.62. The van der Waals surface area contributed by atoms with Gasteiger partial charge in [-0.05, 0) is 25.3 Å². The molecule has 0 bridgehead atoms. The summed E-state index contributed by atoms with van der Waals surface area (Å²) in [5, 5.41) is 0. The van der Waals surface area contributed by atoms with Crippen molar-refractivity contribution in [3.05, 3.63) is 16.8 Å². The van der Waals surface area contributed by atoms with Crippen LogP contribution in [0.2, 0.25) is 0 Å². The predicted octanol–water partition coefficient (Wildman–Crippen LogP) is 1.99. The number of aromatic nitrogens is 1. The summed E-state index contributed by atoms with van der Waals surface area (Å²) in [6.07, 6.45) is 0. The summed E-state index contributed by atoms with van der Waals surface area (Å²) < 4.78 is 0. The second kappa shape index (κ2) is 3.24. The molecule has 0 saturated carbocycles. The number of hydrogen-bond acceptors (Lipinski definition) is 3. The van der Waals surface area contributed by atoms with Crippen LogP contribution in [0.5, 0.6) is 0 Å². The average Bonchev–Trinajstić information content (AvgIpc) is 2.07. The van der Waals surface area contributed by atoms with Crippen LogP contribution in [0.1, 0.15) is 36.6 Å². The van der Waals surface area contributed by atoms with Crippen molar-refractivity contribution in [3.63, 3.8) is 0 Å². The van der Waals surface area contributed by atoms with E-state index in [9.17, 15) is 0 Å². The van der Waals surface area contributed by atoms with Crippen LogP contribution in [0.4, 0.5) is 11.5 Å². The Hall–Kier alpha value is -1.25. The van der Waals surface area contributed by atoms with Gasteiger partial charge < -0.3 is 11.5 Å². The Morgan fingerprint density at radius 1 is 1.08 bits per heavy atom. The summed E-state index contributed by atoms with van der Waals surface area (Å²) in [5.74, 6) is 0.914. The Labute approximate surface area is 79.2 Å². The number of rotatable bonds is 1. The summed E-state index contributed by atoms with van der Waals surface area (Å²) >= 11 is 0. The highest BCUT2D eigenvalue weighted by atomic mass is 14.9. The van der Waals surface area contributed by atoms with Crippen LogP contribution in [0.15, 0.2) is 0 Å². The van der Waals surface area contributed by atoms with E-state index in [1.54, 1.807) is 0 Å². The zero-order valence-electron chi connectivity index (χ0n) is 8.68. The van der Waals surface area contributed by atoms with Gasteiger partial charge in [-0.2, -0.15) is 0 Å². The largest absolute Gasteiger partial charge is 0.398 e. The monoisotopic (exact) mass is 179 g/mol. The lowest BCUT2D eigenvalue weighted by Crippen LogP contribution is -2.07. The third-order valence-electron chi connectivity index (χ3n) is 2.36. The van der Waals surface area contributed by atoms with Crippen LogP contribution in [0.25, 0.3) is 0 Å². The van der Waals surface area contributed by atoms with Crippen molar-refractivity contribution in [2.45, 2.75) is 33.6 Å². The molecule has 1 aromatic heterocycles. The van der Waals surface area contributed by atoms with Gasteiger partial charge in [-0.15, -0.1) is 0 Å². The molecule has 0 radical (unpaired) electrons. The van der Waals surface area contributed by atoms with Gasteiger partial charge in [0.1, 0.15) is 5.82 Å². The topological polar surface area (TPSA) is 64.9 Å². The normalized spacial score (nSPS) is 10.8. The first-order valence-electron chi connectivity index (χ1n) is 4.47. The molecular weight excluding hydrogens is 162 g/mol. The number of nitrogens with zero attached hydrogens (tertiary/aromatic N) is 1. The van der Waals surface area contributed by atoms with Crippen LogP contribution >= 0.6 is 0 Å². The molecule has 3 nitrogen and oxygen atoms in total. The smallest absolute Gasteiger partial charge is 0.128 e. The van der Waals surface area contributed by atoms with Gasteiger partial charge in [0.2, 0.25) is 0 Å². The molecule has 1 rings (SSSR count). The van der Waals surface area contributed by atoms with Crippen molar-refractivity contribution in [3.8, 4) is 0 Å². The maximum absolute atomic E-state index is 5.90. The highest BCUT2D eigenvalue weighted by Gasteiger charge is 2.12. The number of hydrogen-bond donors (Lipinski definition) is 2. The molecule has 0 amide bonds. The fourth-order valence-corrected chi connectivity index (χ4v) is 1.42. The highest BCUT2D eigenvalue weighted by Crippen LogP contribution is 2.27. The van der Waals surface area contributed by atoms with E-state index in [1.165, 1.54) is 0 Å². The van der Waals surface area contributed by atoms with Crippen molar-refractivity contribution in [2.24, 2.45) is 0 Å². The first-order valence-corrected chi connectivity index (χ1v) is 4.47. The van der Waals surface area contributed by atoms with Gasteiger partial charge in [0, 0.05) is 11.3 Å². The number of pyridine rings is 1.